The molecule has 0 bridgehead atoms. The van der Waals surface area contributed by atoms with Crippen LogP contribution in [0.25, 0.3) is 11.0 Å². The van der Waals surface area contributed by atoms with Gasteiger partial charge in [0.25, 0.3) is 5.91 Å². The number of carbonyl (C=O) groups excluding carboxylic acids is 1. The number of carboxylic acid groups (broad SMARTS) is 1. The lowest BCUT2D eigenvalue weighted by Gasteiger charge is -2.29. The molecule has 36 heavy (non-hydrogen) atoms. The molecule has 1 aliphatic carbocycles. The van der Waals surface area contributed by atoms with Crippen LogP contribution >= 0.6 is 0 Å². The normalized spacial score (nSPS) is 23.0. The van der Waals surface area contributed by atoms with Gasteiger partial charge in [-0.1, -0.05) is 6.42 Å². The zero-order valence-corrected chi connectivity index (χ0v) is 19.8. The maximum atomic E-state index is 12.2. The molecule has 2 aromatic heterocycles. The van der Waals surface area contributed by atoms with Gasteiger partial charge in [0.15, 0.2) is 12.2 Å². The molecule has 2 fully saturated rings. The number of carboxylic acids is 1. The standard InChI is InChI=1S/C24H25N7O5/c1-31-17-7-6-15(27-21(32)18-19(36-18)23(33)34)9-16(17)29-20(31)12-4-3-5-14(8-12)28-24-26-11-13(10-25)22(30-24)35-2/h6-7,9,11-12,14,18-19H,3-5,8H2,1-2H3,(H,27,32)(H,33,34)(H,26,28,30)/t12-,14+,18?,19?/m0/s1. The van der Waals surface area contributed by atoms with Gasteiger partial charge in [0.2, 0.25) is 11.8 Å². The summed E-state index contributed by atoms with van der Waals surface area (Å²) >= 11 is 0. The Morgan fingerprint density at radius 1 is 1.28 bits per heavy atom. The lowest BCUT2D eigenvalue weighted by atomic mass is 9.85. The number of nitrogens with zero attached hydrogens (tertiary/aromatic N) is 5. The number of anilines is 2. The van der Waals surface area contributed by atoms with Crippen molar-refractivity contribution in [3.63, 3.8) is 0 Å². The molecule has 12 nitrogen and oxygen atoms in total. The Morgan fingerprint density at radius 3 is 2.83 bits per heavy atom. The zero-order chi connectivity index (χ0) is 25.4. The second kappa shape index (κ2) is 9.43. The van der Waals surface area contributed by atoms with Gasteiger partial charge in [0, 0.05) is 24.7 Å². The number of fused-ring (bicyclic) bond motifs is 1. The minimum atomic E-state index is -1.15. The van der Waals surface area contributed by atoms with Gasteiger partial charge in [0.1, 0.15) is 17.5 Å². The quantitative estimate of drug-likeness (QED) is 0.417. The molecule has 3 aromatic rings. The lowest BCUT2D eigenvalue weighted by Crippen LogP contribution is -2.28. The Bertz CT molecular complexity index is 1380. The van der Waals surface area contributed by atoms with Gasteiger partial charge >= 0.3 is 5.97 Å². The molecule has 3 heterocycles. The number of aryl methyl sites for hydroxylation is 1. The number of aliphatic carboxylic acids is 1. The van der Waals surface area contributed by atoms with Crippen molar-refractivity contribution in [2.75, 3.05) is 17.7 Å². The smallest absolute Gasteiger partial charge is 0.336 e. The van der Waals surface area contributed by atoms with Crippen LogP contribution in [0.15, 0.2) is 24.4 Å². The third-order valence-electron chi connectivity index (χ3n) is 6.62. The Labute approximate surface area is 206 Å². The number of amides is 1. The first-order chi connectivity index (χ1) is 17.4. The number of hydrogen-bond acceptors (Lipinski definition) is 9. The number of ether oxygens (including phenoxy) is 2. The van der Waals surface area contributed by atoms with E-state index in [1.807, 2.05) is 19.2 Å². The van der Waals surface area contributed by atoms with Crippen LogP contribution in [0.5, 0.6) is 5.88 Å². The van der Waals surface area contributed by atoms with E-state index in [1.165, 1.54) is 13.3 Å². The van der Waals surface area contributed by atoms with Gasteiger partial charge in [-0.25, -0.2) is 14.8 Å². The highest BCUT2D eigenvalue weighted by Gasteiger charge is 2.50. The Balaban J connectivity index is 1.29. The number of epoxide rings is 1. The summed E-state index contributed by atoms with van der Waals surface area (Å²) in [5.41, 5.74) is 2.49. The molecule has 2 aliphatic rings. The number of nitriles is 1. The van der Waals surface area contributed by atoms with Gasteiger partial charge in [-0.2, -0.15) is 10.2 Å². The first-order valence-electron chi connectivity index (χ1n) is 11.6. The van der Waals surface area contributed by atoms with Crippen molar-refractivity contribution in [1.29, 1.82) is 5.26 Å². The maximum absolute atomic E-state index is 12.2. The Kier molecular flexibility index (Phi) is 6.15. The highest BCUT2D eigenvalue weighted by Crippen LogP contribution is 2.35. The molecule has 1 saturated heterocycles. The van der Waals surface area contributed by atoms with Crippen LogP contribution in [0, 0.1) is 11.3 Å². The van der Waals surface area contributed by atoms with Crippen LogP contribution in [0.2, 0.25) is 0 Å². The van der Waals surface area contributed by atoms with E-state index in [1.54, 1.807) is 12.1 Å². The van der Waals surface area contributed by atoms with E-state index < -0.39 is 24.1 Å². The third kappa shape index (κ3) is 4.52. The van der Waals surface area contributed by atoms with Gasteiger partial charge in [-0.05, 0) is 37.5 Å². The molecule has 0 spiro atoms. The molecule has 1 aliphatic heterocycles. The molecule has 0 radical (unpaired) electrons. The molecule has 5 rings (SSSR count). The van der Waals surface area contributed by atoms with Gasteiger partial charge in [0.05, 0.1) is 24.3 Å². The maximum Gasteiger partial charge on any atom is 0.336 e. The fraction of sp³-hybridized carbons (Fsp3) is 0.417. The predicted octanol–water partition coefficient (Wildman–Crippen LogP) is 2.17. The summed E-state index contributed by atoms with van der Waals surface area (Å²) in [5, 5.41) is 24.2. The third-order valence-corrected chi connectivity index (χ3v) is 6.62. The highest BCUT2D eigenvalue weighted by molar-refractivity contribution is 6.01. The van der Waals surface area contributed by atoms with E-state index >= 15 is 0 Å². The van der Waals surface area contributed by atoms with Crippen LogP contribution in [-0.2, 0) is 21.4 Å². The Morgan fingerprint density at radius 2 is 2.11 bits per heavy atom. The molecule has 1 saturated carbocycles. The minimum absolute atomic E-state index is 0.136. The molecule has 1 amide bonds. The summed E-state index contributed by atoms with van der Waals surface area (Å²) in [7, 11) is 3.45. The van der Waals surface area contributed by atoms with E-state index in [4.69, 9.17) is 24.8 Å². The number of imidazole rings is 1. The summed E-state index contributed by atoms with van der Waals surface area (Å²) < 4.78 is 12.2. The minimum Gasteiger partial charge on any atom is -0.480 e. The highest BCUT2D eigenvalue weighted by atomic mass is 16.6. The molecule has 2 unspecified atom stereocenters. The van der Waals surface area contributed by atoms with Crippen molar-refractivity contribution < 1.29 is 24.2 Å². The molecule has 4 atom stereocenters. The number of benzene rings is 1. The van der Waals surface area contributed by atoms with Crippen molar-refractivity contribution in [3.8, 4) is 11.9 Å². The first kappa shape index (κ1) is 23.5. The van der Waals surface area contributed by atoms with E-state index in [9.17, 15) is 9.59 Å². The number of hydrogen-bond donors (Lipinski definition) is 3. The number of methoxy groups -OCH3 is 1. The molecular formula is C24H25N7O5. The summed E-state index contributed by atoms with van der Waals surface area (Å²) in [6.45, 7) is 0. The monoisotopic (exact) mass is 491 g/mol. The molecule has 186 valence electrons. The predicted molar refractivity (Wildman–Crippen MR) is 128 cm³/mol. The van der Waals surface area contributed by atoms with Crippen LogP contribution in [-0.4, -0.2) is 61.9 Å². The largest absolute Gasteiger partial charge is 0.480 e. The van der Waals surface area contributed by atoms with Crippen molar-refractivity contribution >= 4 is 34.5 Å². The lowest BCUT2D eigenvalue weighted by molar-refractivity contribution is -0.138. The number of rotatable bonds is 7. The van der Waals surface area contributed by atoms with Crippen LogP contribution in [0.1, 0.15) is 43.0 Å². The fourth-order valence-corrected chi connectivity index (χ4v) is 4.78. The van der Waals surface area contributed by atoms with E-state index in [2.05, 4.69) is 25.2 Å². The second-order valence-electron chi connectivity index (χ2n) is 8.97. The number of aromatic nitrogens is 4. The molecule has 3 N–H and O–H groups in total. The van der Waals surface area contributed by atoms with Crippen molar-refractivity contribution in [3.05, 3.63) is 35.8 Å². The average molecular weight is 492 g/mol. The summed E-state index contributed by atoms with van der Waals surface area (Å²) in [4.78, 5) is 36.6. The number of carbonyl (C=O) groups is 2. The van der Waals surface area contributed by atoms with Gasteiger partial charge < -0.3 is 29.8 Å². The molecule has 1 aromatic carbocycles. The van der Waals surface area contributed by atoms with E-state index in [-0.39, 0.29) is 23.4 Å². The summed E-state index contributed by atoms with van der Waals surface area (Å²) in [6, 6.07) is 7.59. The van der Waals surface area contributed by atoms with Gasteiger partial charge in [-0.3, -0.25) is 4.79 Å². The van der Waals surface area contributed by atoms with Crippen LogP contribution < -0.4 is 15.4 Å². The number of nitrogens with one attached hydrogen (secondary N) is 2. The van der Waals surface area contributed by atoms with E-state index in [0.29, 0.717) is 11.6 Å². The fourth-order valence-electron chi connectivity index (χ4n) is 4.78. The van der Waals surface area contributed by atoms with Crippen molar-refractivity contribution in [2.24, 2.45) is 7.05 Å². The van der Waals surface area contributed by atoms with Crippen LogP contribution in [0.3, 0.4) is 0 Å². The molecular weight excluding hydrogens is 466 g/mol. The topological polar surface area (TPSA) is 168 Å². The SMILES string of the molecule is COc1nc(N[C@@H]2CCC[C@H](c3nc4cc(NC(=O)C5OC5C(=O)O)ccc4n3C)C2)ncc1C#N. The zero-order valence-electron chi connectivity index (χ0n) is 19.8. The second-order valence-corrected chi connectivity index (χ2v) is 8.97. The summed E-state index contributed by atoms with van der Waals surface area (Å²) in [5.74, 6) is 0.197. The Hall–Kier alpha value is -4.24. The first-order valence-corrected chi connectivity index (χ1v) is 11.6. The van der Waals surface area contributed by atoms with Gasteiger partial charge in [-0.15, -0.1) is 0 Å². The van der Waals surface area contributed by atoms with Crippen molar-refractivity contribution in [2.45, 2.75) is 49.9 Å². The van der Waals surface area contributed by atoms with Crippen molar-refractivity contribution in [1.82, 2.24) is 19.5 Å². The average Bonchev–Trinajstić information content (AvgIpc) is 3.63. The molecule has 12 heteroatoms. The summed E-state index contributed by atoms with van der Waals surface area (Å²) in [6.07, 6.45) is 3.19. The van der Waals surface area contributed by atoms with Crippen LogP contribution in [0.4, 0.5) is 11.6 Å². The van der Waals surface area contributed by atoms with E-state index in [0.717, 1.165) is 42.5 Å².